The number of unbranched alkanes of at least 4 members (excludes halogenated alkanes) is 9. The number of phosphoric ester groups is 1. The number of ether oxygens (including phenoxy) is 2. The minimum atomic E-state index is -5.23. The van der Waals surface area contributed by atoms with Gasteiger partial charge in [-0.15, -0.1) is 0 Å². The lowest BCUT2D eigenvalue weighted by molar-refractivity contribution is -0.220. The van der Waals surface area contributed by atoms with Gasteiger partial charge in [-0.3, -0.25) is 18.6 Å². The number of allylic oxidation sites excluding steroid dienone is 12. The average Bonchev–Trinajstić information content (AvgIpc) is 3.29. The van der Waals surface area contributed by atoms with Crippen LogP contribution in [0.2, 0.25) is 0 Å². The van der Waals surface area contributed by atoms with Gasteiger partial charge in [-0.1, -0.05) is 150 Å². The van der Waals surface area contributed by atoms with Crippen LogP contribution in [0.1, 0.15) is 136 Å². The molecule has 0 spiro atoms. The summed E-state index contributed by atoms with van der Waals surface area (Å²) in [4.78, 5) is 35.7. The zero-order chi connectivity index (χ0) is 49.0. The number of carbonyl (C=O) groups is 2. The highest BCUT2D eigenvalue weighted by Crippen LogP contribution is 2.47. The SMILES string of the molecule is CCCCCCCC/C=C\C/C=C\C/C=C\CCCC(=O)OC[C@H](COP(=O)(O)OC1[C@H](O)[C@H](O)C(O)[C@H](O)[C@H]1O)OC(=O)CCC[C@H](O)[C@@H](O)/C=C/C=C/C=C\C=C\[C@@H](O)CCCCC. The van der Waals surface area contributed by atoms with Gasteiger partial charge in [0.25, 0.3) is 0 Å². The van der Waals surface area contributed by atoms with Crippen molar-refractivity contribution in [2.75, 3.05) is 13.2 Å². The Balaban J connectivity index is 2.65. The van der Waals surface area contributed by atoms with Gasteiger partial charge in [0.1, 0.15) is 43.2 Å². The molecule has 1 aliphatic rings. The second kappa shape index (κ2) is 37.8. The van der Waals surface area contributed by atoms with Gasteiger partial charge in [-0.05, 0) is 57.8 Å². The quantitative estimate of drug-likeness (QED) is 0.0110. The maximum absolute atomic E-state index is 12.8. The molecule has 0 aromatic rings. The number of phosphoric acid groups is 1. The molecule has 11 atom stereocenters. The van der Waals surface area contributed by atoms with Crippen molar-refractivity contribution in [3.63, 3.8) is 0 Å². The molecule has 0 amide bonds. The second-order valence-corrected chi connectivity index (χ2v) is 17.9. The minimum absolute atomic E-state index is 0.00862. The average molecular weight is 957 g/mol. The molecular weight excluding hydrogens is 875 g/mol. The zero-order valence-electron chi connectivity index (χ0n) is 39.0. The maximum atomic E-state index is 12.8. The fourth-order valence-electron chi connectivity index (χ4n) is 6.57. The fourth-order valence-corrected chi connectivity index (χ4v) is 7.54. The van der Waals surface area contributed by atoms with Gasteiger partial charge in [0.05, 0.1) is 24.9 Å². The molecule has 0 aromatic carbocycles. The van der Waals surface area contributed by atoms with Crippen molar-refractivity contribution in [3.05, 3.63) is 85.1 Å². The molecule has 378 valence electrons. The first-order valence-corrected chi connectivity index (χ1v) is 25.2. The van der Waals surface area contributed by atoms with Crippen LogP contribution in [0, 0.1) is 0 Å². The Kier molecular flexibility index (Phi) is 34.9. The van der Waals surface area contributed by atoms with Crippen molar-refractivity contribution in [3.8, 4) is 0 Å². The predicted molar refractivity (Wildman–Crippen MR) is 253 cm³/mol. The Morgan fingerprint density at radius 3 is 1.73 bits per heavy atom. The molecule has 0 heterocycles. The van der Waals surface area contributed by atoms with Crippen LogP contribution in [-0.2, 0) is 32.7 Å². The number of esters is 2. The molecule has 17 heteroatoms. The van der Waals surface area contributed by atoms with Crippen molar-refractivity contribution < 1.29 is 78.4 Å². The summed E-state index contributed by atoms with van der Waals surface area (Å²) in [5, 5.41) is 80.8. The highest BCUT2D eigenvalue weighted by atomic mass is 31.2. The summed E-state index contributed by atoms with van der Waals surface area (Å²) >= 11 is 0. The first kappa shape index (κ1) is 60.9. The summed E-state index contributed by atoms with van der Waals surface area (Å²) in [6.45, 7) is 2.85. The van der Waals surface area contributed by atoms with E-state index in [-0.39, 0.29) is 25.7 Å². The maximum Gasteiger partial charge on any atom is 0.472 e. The fraction of sp³-hybridized carbons (Fsp3) is 0.673. The van der Waals surface area contributed by atoms with Crippen molar-refractivity contribution in [1.29, 1.82) is 0 Å². The van der Waals surface area contributed by atoms with Gasteiger partial charge in [0.2, 0.25) is 0 Å². The Morgan fingerprint density at radius 1 is 0.576 bits per heavy atom. The number of aliphatic hydroxyl groups excluding tert-OH is 8. The van der Waals surface area contributed by atoms with E-state index in [4.69, 9.17) is 18.5 Å². The molecule has 1 saturated carbocycles. The summed E-state index contributed by atoms with van der Waals surface area (Å²) in [5.74, 6) is -1.50. The zero-order valence-corrected chi connectivity index (χ0v) is 39.9. The number of hydrogen-bond acceptors (Lipinski definition) is 15. The molecule has 1 aliphatic carbocycles. The number of rotatable bonds is 37. The third kappa shape index (κ3) is 29.6. The highest BCUT2D eigenvalue weighted by molar-refractivity contribution is 7.47. The molecule has 0 saturated heterocycles. The Labute approximate surface area is 392 Å². The number of carbonyl (C=O) groups excluding carboxylic acids is 2. The van der Waals surface area contributed by atoms with E-state index in [1.807, 2.05) is 12.2 Å². The van der Waals surface area contributed by atoms with E-state index in [1.54, 1.807) is 42.5 Å². The first-order chi connectivity index (χ1) is 31.6. The largest absolute Gasteiger partial charge is 0.472 e. The molecule has 0 aromatic heterocycles. The van der Waals surface area contributed by atoms with Crippen molar-refractivity contribution in [1.82, 2.24) is 0 Å². The van der Waals surface area contributed by atoms with E-state index < -0.39 is 94.0 Å². The van der Waals surface area contributed by atoms with Crippen molar-refractivity contribution in [2.45, 2.75) is 197 Å². The molecule has 1 fully saturated rings. The lowest BCUT2D eigenvalue weighted by atomic mass is 9.85. The van der Waals surface area contributed by atoms with Crippen LogP contribution < -0.4 is 0 Å². The van der Waals surface area contributed by atoms with E-state index in [0.717, 1.165) is 38.5 Å². The van der Waals surface area contributed by atoms with Gasteiger partial charge in [0.15, 0.2) is 6.10 Å². The summed E-state index contributed by atoms with van der Waals surface area (Å²) in [6, 6.07) is 0. The van der Waals surface area contributed by atoms with Crippen LogP contribution in [0.15, 0.2) is 85.1 Å². The molecule has 66 heavy (non-hydrogen) atoms. The van der Waals surface area contributed by atoms with Crippen LogP contribution in [0.4, 0.5) is 0 Å². The van der Waals surface area contributed by atoms with Crippen LogP contribution in [0.25, 0.3) is 0 Å². The van der Waals surface area contributed by atoms with Crippen LogP contribution in [-0.4, -0.2) is 132 Å². The standard InChI is InChI=1S/C49H81O16P/c1-3-5-7-8-9-10-11-12-13-14-15-16-17-18-19-24-28-34-42(53)62-36-39(37-63-66(60,61)65-49-47(58)45(56)44(55)46(57)48(49)59)64-43(54)35-29-33-41(52)40(51)32-27-23-21-20-22-26-31-38(50)30-25-6-4-2/h12-13,15-16,18-23,26-27,31-32,38-41,44-52,55-59H,3-11,14,17,24-25,28-30,33-37H2,1-2H3,(H,60,61)/b13-12-,16-15-,19-18-,22-20-,23-21+,31-26+,32-27+/t38-,39+,40-,41-,44?,45-,46+,47+,48+,49?/m0/s1. The lowest BCUT2D eigenvalue weighted by Crippen LogP contribution is -2.64. The summed E-state index contributed by atoms with van der Waals surface area (Å²) < 4.78 is 33.2. The Bertz CT molecular complexity index is 1530. The van der Waals surface area contributed by atoms with Crippen LogP contribution in [0.5, 0.6) is 0 Å². The van der Waals surface area contributed by atoms with Gasteiger partial charge < -0.3 is 55.2 Å². The molecule has 1 rings (SSSR count). The molecule has 3 unspecified atom stereocenters. The summed E-state index contributed by atoms with van der Waals surface area (Å²) in [5.41, 5.74) is 0. The van der Waals surface area contributed by atoms with Gasteiger partial charge >= 0.3 is 19.8 Å². The molecule has 16 nitrogen and oxygen atoms in total. The first-order valence-electron chi connectivity index (χ1n) is 23.7. The number of aliphatic hydroxyl groups is 8. The van der Waals surface area contributed by atoms with Crippen molar-refractivity contribution >= 4 is 19.8 Å². The number of hydrogen-bond donors (Lipinski definition) is 9. The van der Waals surface area contributed by atoms with Gasteiger partial charge in [-0.2, -0.15) is 0 Å². The van der Waals surface area contributed by atoms with E-state index in [0.29, 0.717) is 19.3 Å². The third-order valence-electron chi connectivity index (χ3n) is 10.6. The topological polar surface area (TPSA) is 270 Å². The summed E-state index contributed by atoms with van der Waals surface area (Å²) in [6.07, 6.45) is 24.1. The Morgan fingerprint density at radius 2 is 1.09 bits per heavy atom. The van der Waals surface area contributed by atoms with E-state index in [1.165, 1.54) is 44.6 Å². The van der Waals surface area contributed by atoms with Crippen LogP contribution in [0.3, 0.4) is 0 Å². The molecule has 9 N–H and O–H groups in total. The molecule has 0 radical (unpaired) electrons. The van der Waals surface area contributed by atoms with Gasteiger partial charge in [-0.25, -0.2) is 4.57 Å². The normalized spacial score (nSPS) is 23.5. The predicted octanol–water partition coefficient (Wildman–Crippen LogP) is 6.19. The van der Waals surface area contributed by atoms with Crippen molar-refractivity contribution in [2.24, 2.45) is 0 Å². The minimum Gasteiger partial charge on any atom is -0.462 e. The molecular formula is C49H81O16P. The molecule has 0 bridgehead atoms. The van der Waals surface area contributed by atoms with E-state index >= 15 is 0 Å². The van der Waals surface area contributed by atoms with Crippen LogP contribution >= 0.6 is 7.82 Å². The van der Waals surface area contributed by atoms with E-state index in [2.05, 4.69) is 38.2 Å². The summed E-state index contributed by atoms with van der Waals surface area (Å²) in [7, 11) is -5.23. The Hall–Kier alpha value is -3.09. The molecule has 0 aliphatic heterocycles. The van der Waals surface area contributed by atoms with Gasteiger partial charge in [0, 0.05) is 12.8 Å². The lowest BCUT2D eigenvalue weighted by Gasteiger charge is -2.41. The highest BCUT2D eigenvalue weighted by Gasteiger charge is 2.51. The third-order valence-corrected chi connectivity index (χ3v) is 11.6. The second-order valence-electron chi connectivity index (χ2n) is 16.5. The van der Waals surface area contributed by atoms with E-state index in [9.17, 15) is 59.9 Å². The monoisotopic (exact) mass is 957 g/mol. The smallest absolute Gasteiger partial charge is 0.462 e.